The molecule has 1 heterocycles. The van der Waals surface area contributed by atoms with Gasteiger partial charge in [-0.1, -0.05) is 46.6 Å². The quantitative estimate of drug-likeness (QED) is 0.436. The largest absolute Gasteiger partial charge is 0.854 e. The molecule has 0 atom stereocenters. The lowest BCUT2D eigenvalue weighted by Gasteiger charge is -2.05. The molecular formula is C12H9ClN2O. The van der Waals surface area contributed by atoms with E-state index in [1.54, 1.807) is 48.8 Å². The Morgan fingerprint density at radius 3 is 2.56 bits per heavy atom. The first kappa shape index (κ1) is 10.6. The van der Waals surface area contributed by atoms with Crippen LogP contribution in [-0.4, -0.2) is 5.90 Å². The van der Waals surface area contributed by atoms with Crippen LogP contribution in [0.25, 0.3) is 0 Å². The SMILES string of the molecule is [O-]/C(=N\[n+]1cccc(Cl)c1)c1ccccc1. The third kappa shape index (κ3) is 2.58. The zero-order valence-corrected chi connectivity index (χ0v) is 9.13. The summed E-state index contributed by atoms with van der Waals surface area (Å²) < 4.78 is 1.40. The van der Waals surface area contributed by atoms with Crippen LogP contribution < -0.4 is 9.78 Å². The van der Waals surface area contributed by atoms with Crippen LogP contribution in [0, 0.1) is 0 Å². The minimum atomic E-state index is -0.298. The van der Waals surface area contributed by atoms with Crippen molar-refractivity contribution in [2.24, 2.45) is 5.10 Å². The normalized spacial score (nSPS) is 11.4. The highest BCUT2D eigenvalue weighted by Gasteiger charge is 1.99. The zero-order valence-electron chi connectivity index (χ0n) is 8.38. The lowest BCUT2D eigenvalue weighted by atomic mass is 10.2. The van der Waals surface area contributed by atoms with Crippen LogP contribution in [0.4, 0.5) is 0 Å². The maximum atomic E-state index is 11.7. The molecule has 2 aromatic rings. The molecule has 1 aromatic heterocycles. The first-order valence-corrected chi connectivity index (χ1v) is 5.12. The summed E-state index contributed by atoms with van der Waals surface area (Å²) in [4.78, 5) is 0. The lowest BCUT2D eigenvalue weighted by molar-refractivity contribution is -0.681. The highest BCUT2D eigenvalue weighted by atomic mass is 35.5. The van der Waals surface area contributed by atoms with Gasteiger partial charge in [-0.05, 0) is 16.7 Å². The highest BCUT2D eigenvalue weighted by molar-refractivity contribution is 6.30. The van der Waals surface area contributed by atoms with Crippen molar-refractivity contribution in [3.05, 3.63) is 65.4 Å². The fourth-order valence-corrected chi connectivity index (χ4v) is 1.41. The third-order valence-corrected chi connectivity index (χ3v) is 2.20. The first-order valence-electron chi connectivity index (χ1n) is 4.74. The summed E-state index contributed by atoms with van der Waals surface area (Å²) >= 11 is 5.78. The van der Waals surface area contributed by atoms with Crippen molar-refractivity contribution < 1.29 is 9.78 Å². The number of rotatable bonds is 2. The van der Waals surface area contributed by atoms with E-state index in [2.05, 4.69) is 5.10 Å². The number of pyridine rings is 1. The molecule has 0 aliphatic carbocycles. The van der Waals surface area contributed by atoms with Gasteiger partial charge in [0.25, 0.3) is 0 Å². The molecule has 2 rings (SSSR count). The van der Waals surface area contributed by atoms with Gasteiger partial charge in [0.05, 0.1) is 5.90 Å². The maximum absolute atomic E-state index is 11.7. The predicted molar refractivity (Wildman–Crippen MR) is 60.0 cm³/mol. The van der Waals surface area contributed by atoms with Crippen molar-refractivity contribution in [1.29, 1.82) is 0 Å². The summed E-state index contributed by atoms with van der Waals surface area (Å²) in [7, 11) is 0. The zero-order chi connectivity index (χ0) is 11.4. The van der Waals surface area contributed by atoms with Gasteiger partial charge in [-0.2, -0.15) is 0 Å². The minimum absolute atomic E-state index is 0.298. The molecule has 0 bridgehead atoms. The van der Waals surface area contributed by atoms with Crippen LogP contribution in [-0.2, 0) is 0 Å². The van der Waals surface area contributed by atoms with E-state index in [4.69, 9.17) is 11.6 Å². The Bertz CT molecular complexity index is 511. The van der Waals surface area contributed by atoms with Crippen molar-refractivity contribution in [1.82, 2.24) is 0 Å². The van der Waals surface area contributed by atoms with Crippen LogP contribution in [0.2, 0.25) is 5.02 Å². The maximum Gasteiger partial charge on any atom is 0.220 e. The Morgan fingerprint density at radius 1 is 1.12 bits per heavy atom. The van der Waals surface area contributed by atoms with Crippen molar-refractivity contribution in [3.63, 3.8) is 0 Å². The number of hydrogen-bond acceptors (Lipinski definition) is 2. The summed E-state index contributed by atoms with van der Waals surface area (Å²) in [5.41, 5.74) is 0.551. The van der Waals surface area contributed by atoms with Gasteiger partial charge in [0.15, 0.2) is 0 Å². The summed E-state index contributed by atoms with van der Waals surface area (Å²) in [5, 5.41) is 16.1. The van der Waals surface area contributed by atoms with Crippen LogP contribution in [0.1, 0.15) is 5.56 Å². The molecule has 4 heteroatoms. The Kier molecular flexibility index (Phi) is 3.17. The second kappa shape index (κ2) is 4.77. The van der Waals surface area contributed by atoms with Gasteiger partial charge < -0.3 is 5.11 Å². The van der Waals surface area contributed by atoms with Gasteiger partial charge in [-0.3, -0.25) is 0 Å². The molecule has 0 saturated heterocycles. The molecule has 0 spiro atoms. The number of nitrogens with zero attached hydrogens (tertiary/aromatic N) is 2. The molecule has 0 aliphatic rings. The molecule has 0 fully saturated rings. The first-order chi connectivity index (χ1) is 7.75. The van der Waals surface area contributed by atoms with E-state index < -0.39 is 0 Å². The number of halogens is 1. The van der Waals surface area contributed by atoms with Gasteiger partial charge in [0.1, 0.15) is 5.02 Å². The monoisotopic (exact) mass is 232 g/mol. The predicted octanol–water partition coefficient (Wildman–Crippen LogP) is 1.20. The van der Waals surface area contributed by atoms with E-state index in [0.717, 1.165) is 0 Å². The standard InChI is InChI=1S/C12H9ClN2O/c13-11-7-4-8-15(9-11)14-12(16)10-5-2-1-3-6-10/h1-9H. The van der Waals surface area contributed by atoms with Crippen molar-refractivity contribution in [2.75, 3.05) is 0 Å². The molecule has 80 valence electrons. The third-order valence-electron chi connectivity index (χ3n) is 1.98. The fourth-order valence-electron chi connectivity index (χ4n) is 1.24. The van der Waals surface area contributed by atoms with Crippen LogP contribution in [0.5, 0.6) is 0 Å². The number of hydrogen-bond donors (Lipinski definition) is 0. The Labute approximate surface area is 98.2 Å². The van der Waals surface area contributed by atoms with E-state index in [-0.39, 0.29) is 5.90 Å². The summed E-state index contributed by atoms with van der Waals surface area (Å²) in [6, 6.07) is 12.3. The van der Waals surface area contributed by atoms with Crippen molar-refractivity contribution >= 4 is 17.5 Å². The molecule has 0 unspecified atom stereocenters. The summed E-state index contributed by atoms with van der Waals surface area (Å²) in [6.07, 6.45) is 3.23. The van der Waals surface area contributed by atoms with Crippen LogP contribution in [0.3, 0.4) is 0 Å². The highest BCUT2D eigenvalue weighted by Crippen LogP contribution is 2.01. The Balaban J connectivity index is 2.32. The van der Waals surface area contributed by atoms with Gasteiger partial charge in [-0.25, -0.2) is 0 Å². The summed E-state index contributed by atoms with van der Waals surface area (Å²) in [5.74, 6) is -0.298. The second-order valence-electron chi connectivity index (χ2n) is 3.17. The van der Waals surface area contributed by atoms with Gasteiger partial charge in [0, 0.05) is 6.07 Å². The average molecular weight is 233 g/mol. The van der Waals surface area contributed by atoms with Crippen LogP contribution in [0.15, 0.2) is 60.0 Å². The number of benzene rings is 1. The van der Waals surface area contributed by atoms with Crippen molar-refractivity contribution in [2.45, 2.75) is 0 Å². The Morgan fingerprint density at radius 2 is 1.88 bits per heavy atom. The van der Waals surface area contributed by atoms with E-state index in [1.165, 1.54) is 4.68 Å². The lowest BCUT2D eigenvalue weighted by Crippen LogP contribution is -2.33. The molecule has 0 saturated carbocycles. The fraction of sp³-hybridized carbons (Fsp3) is 0. The van der Waals surface area contributed by atoms with E-state index in [1.807, 2.05) is 6.07 Å². The van der Waals surface area contributed by atoms with Gasteiger partial charge >= 0.3 is 0 Å². The van der Waals surface area contributed by atoms with Crippen LogP contribution >= 0.6 is 11.6 Å². The topological polar surface area (TPSA) is 39.3 Å². The van der Waals surface area contributed by atoms with Gasteiger partial charge in [-0.15, -0.1) is 0 Å². The molecule has 0 amide bonds. The minimum Gasteiger partial charge on any atom is -0.854 e. The smallest absolute Gasteiger partial charge is 0.220 e. The average Bonchev–Trinajstić information content (AvgIpc) is 2.30. The summed E-state index contributed by atoms with van der Waals surface area (Å²) in [6.45, 7) is 0. The molecule has 1 aromatic carbocycles. The molecular weight excluding hydrogens is 224 g/mol. The van der Waals surface area contributed by atoms with Crippen molar-refractivity contribution in [3.8, 4) is 0 Å². The number of aromatic nitrogens is 1. The Hall–Kier alpha value is -1.87. The van der Waals surface area contributed by atoms with E-state index >= 15 is 0 Å². The molecule has 0 aliphatic heterocycles. The molecule has 0 radical (unpaired) electrons. The van der Waals surface area contributed by atoms with E-state index in [9.17, 15) is 5.11 Å². The second-order valence-corrected chi connectivity index (χ2v) is 3.61. The van der Waals surface area contributed by atoms with Gasteiger partial charge in [0.2, 0.25) is 12.4 Å². The van der Waals surface area contributed by atoms with E-state index in [0.29, 0.717) is 10.6 Å². The molecule has 0 N–H and O–H groups in total. The molecule has 16 heavy (non-hydrogen) atoms. The molecule has 3 nitrogen and oxygen atoms in total.